The van der Waals surface area contributed by atoms with Crippen LogP contribution in [0.3, 0.4) is 0 Å². The first-order chi connectivity index (χ1) is 7.31. The number of carbonyl (C=O) groups excluding carboxylic acids is 1. The molecule has 3 saturated carbocycles. The van der Waals surface area contributed by atoms with Crippen molar-refractivity contribution in [3.05, 3.63) is 0 Å². The third kappa shape index (κ3) is 2.43. The third-order valence-corrected chi connectivity index (χ3v) is 4.13. The molecule has 3 aliphatic carbocycles. The van der Waals surface area contributed by atoms with Crippen LogP contribution in [0.4, 0.5) is 0 Å². The number of Topliss-reactive ketones (excluding diaryl/α,β-unsaturated/α-hetero) is 1. The van der Waals surface area contributed by atoms with Gasteiger partial charge in [0.15, 0.2) is 0 Å². The second kappa shape index (κ2) is 4.84. The molecule has 1 nitrogen and oxygen atoms in total. The van der Waals surface area contributed by atoms with Crippen molar-refractivity contribution < 1.29 is 4.79 Å². The molecule has 0 aromatic carbocycles. The zero-order chi connectivity index (χ0) is 10.7. The van der Waals surface area contributed by atoms with Crippen molar-refractivity contribution in [2.45, 2.75) is 51.9 Å². The number of ketones is 1. The molecule has 82 valence electrons. The van der Waals surface area contributed by atoms with E-state index in [-0.39, 0.29) is 0 Å². The molecule has 3 aliphatic rings. The van der Waals surface area contributed by atoms with Gasteiger partial charge in [-0.25, -0.2) is 0 Å². The van der Waals surface area contributed by atoms with E-state index >= 15 is 0 Å². The number of rotatable bonds is 3. The number of hydrogen-bond donors (Lipinski definition) is 0. The minimum atomic E-state index is 0.399. The molecule has 0 aromatic rings. The number of fused-ring (bicyclic) bond motifs is 3. The standard InChI is InChI=1S/C14H20O/c1-2-3-4-5-14(15)13-10-11-6-8-12(13)9-7-11/h11-13H,4-10H2,1H3. The van der Waals surface area contributed by atoms with E-state index in [0.717, 1.165) is 18.3 Å². The van der Waals surface area contributed by atoms with Gasteiger partial charge in [-0.3, -0.25) is 4.79 Å². The maximum Gasteiger partial charge on any atom is 0.137 e. The molecular weight excluding hydrogens is 184 g/mol. The van der Waals surface area contributed by atoms with E-state index in [9.17, 15) is 4.79 Å². The van der Waals surface area contributed by atoms with E-state index in [2.05, 4.69) is 11.8 Å². The van der Waals surface area contributed by atoms with Crippen LogP contribution in [0.25, 0.3) is 0 Å². The van der Waals surface area contributed by atoms with E-state index in [1.807, 2.05) is 6.92 Å². The molecule has 0 amide bonds. The highest BCUT2D eigenvalue weighted by atomic mass is 16.1. The Balaban J connectivity index is 1.87. The van der Waals surface area contributed by atoms with Crippen LogP contribution in [-0.4, -0.2) is 5.78 Å². The largest absolute Gasteiger partial charge is 0.299 e. The Morgan fingerprint density at radius 1 is 1.27 bits per heavy atom. The fourth-order valence-electron chi connectivity index (χ4n) is 3.27. The van der Waals surface area contributed by atoms with Gasteiger partial charge in [0.05, 0.1) is 0 Å². The molecule has 0 radical (unpaired) electrons. The monoisotopic (exact) mass is 204 g/mol. The summed E-state index contributed by atoms with van der Waals surface area (Å²) < 4.78 is 0. The van der Waals surface area contributed by atoms with Crippen LogP contribution in [0.5, 0.6) is 0 Å². The summed E-state index contributed by atoms with van der Waals surface area (Å²) in [5.41, 5.74) is 0. The lowest BCUT2D eigenvalue weighted by Crippen LogP contribution is -2.35. The second-order valence-corrected chi connectivity index (χ2v) is 5.02. The van der Waals surface area contributed by atoms with Gasteiger partial charge in [0.1, 0.15) is 5.78 Å². The van der Waals surface area contributed by atoms with Crippen LogP contribution in [-0.2, 0) is 4.79 Å². The van der Waals surface area contributed by atoms with Crippen LogP contribution in [0.1, 0.15) is 51.9 Å². The highest BCUT2D eigenvalue weighted by Crippen LogP contribution is 2.45. The molecule has 2 bridgehead atoms. The highest BCUT2D eigenvalue weighted by Gasteiger charge is 2.38. The van der Waals surface area contributed by atoms with E-state index < -0.39 is 0 Å². The Labute approximate surface area is 92.6 Å². The SMILES string of the molecule is CC#CCCC(=O)C1CC2CCC1CC2. The van der Waals surface area contributed by atoms with Crippen molar-refractivity contribution >= 4 is 5.78 Å². The molecule has 0 aliphatic heterocycles. The summed E-state index contributed by atoms with van der Waals surface area (Å²) in [4.78, 5) is 12.0. The summed E-state index contributed by atoms with van der Waals surface area (Å²) in [6.07, 6.45) is 8.01. The van der Waals surface area contributed by atoms with Crippen molar-refractivity contribution in [2.75, 3.05) is 0 Å². The van der Waals surface area contributed by atoms with Crippen LogP contribution < -0.4 is 0 Å². The van der Waals surface area contributed by atoms with Gasteiger partial charge in [-0.1, -0.05) is 12.8 Å². The summed E-state index contributed by atoms with van der Waals surface area (Å²) in [6, 6.07) is 0. The van der Waals surface area contributed by atoms with E-state index in [1.165, 1.54) is 32.1 Å². The first-order valence-corrected chi connectivity index (χ1v) is 6.23. The molecule has 0 heterocycles. The lowest BCUT2D eigenvalue weighted by atomic mass is 9.63. The molecule has 0 aromatic heterocycles. The third-order valence-electron chi connectivity index (χ3n) is 4.13. The summed E-state index contributed by atoms with van der Waals surface area (Å²) in [5.74, 6) is 8.32. The molecular formula is C14H20O. The smallest absolute Gasteiger partial charge is 0.137 e. The van der Waals surface area contributed by atoms with Crippen LogP contribution in [0.15, 0.2) is 0 Å². The Morgan fingerprint density at radius 3 is 2.53 bits per heavy atom. The lowest BCUT2D eigenvalue weighted by Gasteiger charge is -2.41. The van der Waals surface area contributed by atoms with Gasteiger partial charge >= 0.3 is 0 Å². The van der Waals surface area contributed by atoms with Crippen molar-refractivity contribution in [3.8, 4) is 11.8 Å². The normalized spacial score (nSPS) is 33.3. The quantitative estimate of drug-likeness (QED) is 0.645. The Morgan fingerprint density at radius 2 is 2.00 bits per heavy atom. The van der Waals surface area contributed by atoms with Gasteiger partial charge < -0.3 is 0 Å². The molecule has 1 atom stereocenters. The first kappa shape index (κ1) is 10.7. The topological polar surface area (TPSA) is 17.1 Å². The second-order valence-electron chi connectivity index (χ2n) is 5.02. The molecule has 0 spiro atoms. The number of hydrogen-bond acceptors (Lipinski definition) is 1. The Kier molecular flexibility index (Phi) is 3.46. The summed E-state index contributed by atoms with van der Waals surface area (Å²) in [6.45, 7) is 1.84. The highest BCUT2D eigenvalue weighted by molar-refractivity contribution is 5.81. The summed E-state index contributed by atoms with van der Waals surface area (Å²) in [7, 11) is 0. The van der Waals surface area contributed by atoms with Crippen molar-refractivity contribution in [3.63, 3.8) is 0 Å². The minimum absolute atomic E-state index is 0.399. The average Bonchev–Trinajstić information content (AvgIpc) is 2.30. The lowest BCUT2D eigenvalue weighted by molar-refractivity contribution is -0.127. The Bertz CT molecular complexity index is 286. The van der Waals surface area contributed by atoms with Gasteiger partial charge in [-0.05, 0) is 38.0 Å². The molecule has 3 rings (SSSR count). The predicted molar refractivity (Wildman–Crippen MR) is 61.2 cm³/mol. The minimum Gasteiger partial charge on any atom is -0.299 e. The summed E-state index contributed by atoms with van der Waals surface area (Å²) >= 11 is 0. The molecule has 3 fully saturated rings. The predicted octanol–water partition coefficient (Wildman–Crippen LogP) is 3.19. The van der Waals surface area contributed by atoms with Crippen LogP contribution in [0, 0.1) is 29.6 Å². The first-order valence-electron chi connectivity index (χ1n) is 6.23. The maximum atomic E-state index is 12.0. The maximum absolute atomic E-state index is 12.0. The Hall–Kier alpha value is -0.770. The average molecular weight is 204 g/mol. The fourth-order valence-corrected chi connectivity index (χ4v) is 3.27. The molecule has 0 N–H and O–H groups in total. The summed E-state index contributed by atoms with van der Waals surface area (Å²) in [5, 5.41) is 0. The van der Waals surface area contributed by atoms with Gasteiger partial charge in [-0.2, -0.15) is 0 Å². The van der Waals surface area contributed by atoms with Crippen molar-refractivity contribution in [2.24, 2.45) is 17.8 Å². The molecule has 1 unspecified atom stereocenters. The van der Waals surface area contributed by atoms with Gasteiger partial charge in [0.2, 0.25) is 0 Å². The zero-order valence-corrected chi connectivity index (χ0v) is 9.59. The van der Waals surface area contributed by atoms with Crippen LogP contribution in [0.2, 0.25) is 0 Å². The number of carbonyl (C=O) groups is 1. The van der Waals surface area contributed by atoms with Gasteiger partial charge in [-0.15, -0.1) is 11.8 Å². The molecule has 1 heteroatoms. The molecule has 0 saturated heterocycles. The van der Waals surface area contributed by atoms with E-state index in [4.69, 9.17) is 0 Å². The van der Waals surface area contributed by atoms with Crippen LogP contribution >= 0.6 is 0 Å². The van der Waals surface area contributed by atoms with Crippen molar-refractivity contribution in [1.82, 2.24) is 0 Å². The fraction of sp³-hybridized carbons (Fsp3) is 0.786. The zero-order valence-electron chi connectivity index (χ0n) is 9.59. The van der Waals surface area contributed by atoms with Gasteiger partial charge in [0.25, 0.3) is 0 Å². The van der Waals surface area contributed by atoms with Gasteiger partial charge in [0, 0.05) is 18.8 Å². The van der Waals surface area contributed by atoms with E-state index in [0.29, 0.717) is 18.1 Å². The van der Waals surface area contributed by atoms with E-state index in [1.54, 1.807) is 0 Å². The molecule has 15 heavy (non-hydrogen) atoms. The van der Waals surface area contributed by atoms with Crippen molar-refractivity contribution in [1.29, 1.82) is 0 Å².